The molecule has 0 aliphatic heterocycles. The van der Waals surface area contributed by atoms with Gasteiger partial charge in [-0.1, -0.05) is 36.4 Å². The van der Waals surface area contributed by atoms with Gasteiger partial charge >= 0.3 is 0 Å². The van der Waals surface area contributed by atoms with Crippen LogP contribution >= 0.6 is 0 Å². The lowest BCUT2D eigenvalue weighted by Crippen LogP contribution is -1.87. The summed E-state index contributed by atoms with van der Waals surface area (Å²) in [7, 11) is 0. The fourth-order valence-electron chi connectivity index (χ4n) is 1.36. The molecule has 0 unspecified atom stereocenters. The maximum absolute atomic E-state index is 3.75. The molecule has 1 rings (SSSR count). The fraction of sp³-hybridized carbons (Fsp3) is 0.231. The Kier molecular flexibility index (Phi) is 3.51. The van der Waals surface area contributed by atoms with Crippen molar-refractivity contribution in [2.45, 2.75) is 20.3 Å². The Hall–Kier alpha value is -1.30. The zero-order chi connectivity index (χ0) is 9.68. The Morgan fingerprint density at radius 1 is 1.38 bits per heavy atom. The van der Waals surface area contributed by atoms with Crippen LogP contribution in [-0.2, 0) is 6.42 Å². The van der Waals surface area contributed by atoms with Gasteiger partial charge in [-0.3, -0.25) is 0 Å². The lowest BCUT2D eigenvalue weighted by Gasteiger charge is -2.03. The predicted octanol–water partition coefficient (Wildman–Crippen LogP) is 3.76. The van der Waals surface area contributed by atoms with E-state index in [0.29, 0.717) is 0 Å². The summed E-state index contributed by atoms with van der Waals surface area (Å²) in [4.78, 5) is 0. The smallest absolute Gasteiger partial charge is 0.00973 e. The molecule has 0 amide bonds. The van der Waals surface area contributed by atoms with Gasteiger partial charge in [0.25, 0.3) is 0 Å². The average Bonchev–Trinajstić information content (AvgIpc) is 2.12. The first kappa shape index (κ1) is 9.79. The molecular formula is C13H16. The number of rotatable bonds is 3. The minimum absolute atomic E-state index is 0.956. The first-order valence-corrected chi connectivity index (χ1v) is 4.61. The quantitative estimate of drug-likeness (QED) is 0.609. The van der Waals surface area contributed by atoms with Gasteiger partial charge in [0.2, 0.25) is 0 Å². The molecule has 0 atom stereocenters. The van der Waals surface area contributed by atoms with Crippen LogP contribution in [0.2, 0.25) is 0 Å². The third-order valence-corrected chi connectivity index (χ3v) is 2.10. The largest absolute Gasteiger partial charge is 0.103 e. The number of benzene rings is 1. The number of hydrogen-bond acceptors (Lipinski definition) is 0. The van der Waals surface area contributed by atoms with Crippen LogP contribution in [0.15, 0.2) is 36.9 Å². The van der Waals surface area contributed by atoms with Gasteiger partial charge < -0.3 is 0 Å². The molecule has 0 nitrogen and oxygen atoms in total. The Balaban J connectivity index is 3.03. The van der Waals surface area contributed by atoms with E-state index in [4.69, 9.17) is 0 Å². The normalized spacial score (nSPS) is 10.6. The second-order valence-electron chi connectivity index (χ2n) is 3.18. The highest BCUT2D eigenvalue weighted by atomic mass is 14.0. The van der Waals surface area contributed by atoms with Crippen LogP contribution in [0.4, 0.5) is 0 Å². The van der Waals surface area contributed by atoms with Crippen molar-refractivity contribution in [3.63, 3.8) is 0 Å². The van der Waals surface area contributed by atoms with Crippen molar-refractivity contribution in [1.29, 1.82) is 0 Å². The van der Waals surface area contributed by atoms with Gasteiger partial charge in [-0.15, -0.1) is 6.58 Å². The van der Waals surface area contributed by atoms with E-state index < -0.39 is 0 Å². The van der Waals surface area contributed by atoms with Crippen molar-refractivity contribution in [2.24, 2.45) is 0 Å². The highest BCUT2D eigenvalue weighted by Gasteiger charge is 1.96. The monoisotopic (exact) mass is 172 g/mol. The molecule has 0 aliphatic carbocycles. The average molecular weight is 172 g/mol. The molecule has 0 aromatic heterocycles. The SMILES string of the molecule is C=CCc1cc(C=CC)ccc1C. The standard InChI is InChI=1S/C13H16/c1-4-6-12-9-8-11(3)13(10-12)7-5-2/h4-6,8-10H,2,7H2,1,3H3. The van der Waals surface area contributed by atoms with E-state index in [2.05, 4.69) is 43.9 Å². The summed E-state index contributed by atoms with van der Waals surface area (Å²) in [5.74, 6) is 0. The Bertz CT molecular complexity index is 319. The van der Waals surface area contributed by atoms with Crippen LogP contribution in [0.5, 0.6) is 0 Å². The van der Waals surface area contributed by atoms with Crippen molar-refractivity contribution in [3.05, 3.63) is 53.6 Å². The summed E-state index contributed by atoms with van der Waals surface area (Å²) in [6.07, 6.45) is 7.08. The Morgan fingerprint density at radius 2 is 2.15 bits per heavy atom. The molecule has 0 aliphatic rings. The van der Waals surface area contributed by atoms with E-state index >= 15 is 0 Å². The second kappa shape index (κ2) is 4.66. The summed E-state index contributed by atoms with van der Waals surface area (Å²) in [5.41, 5.74) is 3.98. The second-order valence-corrected chi connectivity index (χ2v) is 3.18. The van der Waals surface area contributed by atoms with E-state index in [-0.39, 0.29) is 0 Å². The van der Waals surface area contributed by atoms with Crippen molar-refractivity contribution in [3.8, 4) is 0 Å². The maximum Gasteiger partial charge on any atom is -0.00973 e. The van der Waals surface area contributed by atoms with Crippen LogP contribution in [0.25, 0.3) is 6.08 Å². The number of hydrogen-bond donors (Lipinski definition) is 0. The van der Waals surface area contributed by atoms with Crippen molar-refractivity contribution >= 4 is 6.08 Å². The Labute approximate surface area is 80.6 Å². The molecule has 0 fully saturated rings. The molecule has 0 saturated heterocycles. The summed E-state index contributed by atoms with van der Waals surface area (Å²) < 4.78 is 0. The summed E-state index contributed by atoms with van der Waals surface area (Å²) >= 11 is 0. The fourth-order valence-corrected chi connectivity index (χ4v) is 1.36. The first-order chi connectivity index (χ1) is 6.27. The van der Waals surface area contributed by atoms with E-state index in [0.717, 1.165) is 6.42 Å². The highest BCUT2D eigenvalue weighted by Crippen LogP contribution is 2.13. The molecule has 0 heterocycles. The van der Waals surface area contributed by atoms with E-state index in [1.165, 1.54) is 16.7 Å². The molecule has 0 heteroatoms. The van der Waals surface area contributed by atoms with Crippen LogP contribution in [0.3, 0.4) is 0 Å². The molecular weight excluding hydrogens is 156 g/mol. The van der Waals surface area contributed by atoms with Crippen molar-refractivity contribution < 1.29 is 0 Å². The van der Waals surface area contributed by atoms with Crippen molar-refractivity contribution in [1.82, 2.24) is 0 Å². The summed E-state index contributed by atoms with van der Waals surface area (Å²) in [5, 5.41) is 0. The van der Waals surface area contributed by atoms with Crippen LogP contribution < -0.4 is 0 Å². The van der Waals surface area contributed by atoms with E-state index in [9.17, 15) is 0 Å². The third-order valence-electron chi connectivity index (χ3n) is 2.10. The topological polar surface area (TPSA) is 0 Å². The lowest BCUT2D eigenvalue weighted by molar-refractivity contribution is 1.21. The van der Waals surface area contributed by atoms with Crippen LogP contribution in [0.1, 0.15) is 23.6 Å². The molecule has 0 radical (unpaired) electrons. The highest BCUT2D eigenvalue weighted by molar-refractivity contribution is 5.51. The molecule has 68 valence electrons. The summed E-state index contributed by atoms with van der Waals surface area (Å²) in [6, 6.07) is 6.52. The molecule has 13 heavy (non-hydrogen) atoms. The van der Waals surface area contributed by atoms with Crippen molar-refractivity contribution in [2.75, 3.05) is 0 Å². The number of allylic oxidation sites excluding steroid dienone is 2. The molecule has 1 aromatic carbocycles. The molecule has 0 N–H and O–H groups in total. The summed E-state index contributed by atoms with van der Waals surface area (Å²) in [6.45, 7) is 7.93. The minimum atomic E-state index is 0.956. The van der Waals surface area contributed by atoms with Gasteiger partial charge in [0, 0.05) is 0 Å². The zero-order valence-corrected chi connectivity index (χ0v) is 8.38. The molecule has 0 saturated carbocycles. The lowest BCUT2D eigenvalue weighted by atomic mass is 10.0. The zero-order valence-electron chi connectivity index (χ0n) is 8.38. The van der Waals surface area contributed by atoms with E-state index in [1.54, 1.807) is 0 Å². The van der Waals surface area contributed by atoms with Gasteiger partial charge in [-0.2, -0.15) is 0 Å². The molecule has 1 aromatic rings. The minimum Gasteiger partial charge on any atom is -0.103 e. The van der Waals surface area contributed by atoms with Gasteiger partial charge in [-0.05, 0) is 37.0 Å². The van der Waals surface area contributed by atoms with Gasteiger partial charge in [0.15, 0.2) is 0 Å². The van der Waals surface area contributed by atoms with Gasteiger partial charge in [0.05, 0.1) is 0 Å². The van der Waals surface area contributed by atoms with Crippen LogP contribution in [-0.4, -0.2) is 0 Å². The number of aryl methyl sites for hydroxylation is 1. The van der Waals surface area contributed by atoms with E-state index in [1.807, 2.05) is 13.0 Å². The van der Waals surface area contributed by atoms with Gasteiger partial charge in [-0.25, -0.2) is 0 Å². The Morgan fingerprint density at radius 3 is 2.77 bits per heavy atom. The predicted molar refractivity (Wildman–Crippen MR) is 59.8 cm³/mol. The maximum atomic E-state index is 3.75. The third kappa shape index (κ3) is 2.59. The van der Waals surface area contributed by atoms with Gasteiger partial charge in [0.1, 0.15) is 0 Å². The molecule has 0 bridgehead atoms. The van der Waals surface area contributed by atoms with Crippen LogP contribution in [0, 0.1) is 6.92 Å². The first-order valence-electron chi connectivity index (χ1n) is 4.61. The molecule has 0 spiro atoms.